The molecule has 0 spiro atoms. The Morgan fingerprint density at radius 1 is 1.27 bits per heavy atom. The van der Waals surface area contributed by atoms with Crippen LogP contribution in [0.5, 0.6) is 0 Å². The van der Waals surface area contributed by atoms with Gasteiger partial charge in [-0.15, -0.1) is 0 Å². The van der Waals surface area contributed by atoms with Crippen LogP contribution in [0.4, 0.5) is 0 Å². The molecule has 1 saturated carbocycles. The summed E-state index contributed by atoms with van der Waals surface area (Å²) in [5.74, 6) is 0.956. The van der Waals surface area contributed by atoms with Crippen molar-refractivity contribution in [3.8, 4) is 0 Å². The molecule has 0 unspecified atom stereocenters. The Kier molecular flexibility index (Phi) is 3.41. The lowest BCUT2D eigenvalue weighted by Gasteiger charge is -2.19. The third kappa shape index (κ3) is 2.92. The Morgan fingerprint density at radius 2 is 1.91 bits per heavy atom. The predicted molar refractivity (Wildman–Crippen MR) is 50.5 cm³/mol. The van der Waals surface area contributed by atoms with Crippen molar-refractivity contribution in [1.29, 1.82) is 0 Å². The highest BCUT2D eigenvalue weighted by Gasteiger charge is 2.10. The van der Waals surface area contributed by atoms with Crippen molar-refractivity contribution in [3.63, 3.8) is 0 Å². The molecular formula is C11H18. The number of hydrogen-bond acceptors (Lipinski definition) is 0. The van der Waals surface area contributed by atoms with Crippen molar-refractivity contribution in [2.45, 2.75) is 39.5 Å². The summed E-state index contributed by atoms with van der Waals surface area (Å²) in [5, 5.41) is 0. The van der Waals surface area contributed by atoms with E-state index in [0.29, 0.717) is 0 Å². The second kappa shape index (κ2) is 4.38. The van der Waals surface area contributed by atoms with Gasteiger partial charge in [0.25, 0.3) is 0 Å². The average molecular weight is 150 g/mol. The quantitative estimate of drug-likeness (QED) is 0.534. The molecular weight excluding hydrogens is 132 g/mol. The van der Waals surface area contributed by atoms with E-state index in [9.17, 15) is 0 Å². The summed E-state index contributed by atoms with van der Waals surface area (Å²) in [5.41, 5.74) is 1.64. The summed E-state index contributed by atoms with van der Waals surface area (Å²) in [7, 11) is 0. The maximum Gasteiger partial charge on any atom is -0.0315 e. The van der Waals surface area contributed by atoms with Gasteiger partial charge in [-0.05, 0) is 38.5 Å². The lowest BCUT2D eigenvalue weighted by molar-refractivity contribution is 0.444. The highest BCUT2D eigenvalue weighted by atomic mass is 14.2. The van der Waals surface area contributed by atoms with Crippen LogP contribution in [0.2, 0.25) is 0 Å². The van der Waals surface area contributed by atoms with Crippen LogP contribution in [0.1, 0.15) is 39.5 Å². The largest absolute Gasteiger partial charge is 0.0877 e. The normalized spacial score (nSPS) is 26.0. The van der Waals surface area contributed by atoms with Crippen LogP contribution in [0.25, 0.3) is 0 Å². The van der Waals surface area contributed by atoms with Crippen LogP contribution in [0, 0.1) is 5.92 Å². The molecule has 0 heterocycles. The zero-order valence-electron chi connectivity index (χ0n) is 7.64. The Labute approximate surface area is 70.0 Å². The van der Waals surface area contributed by atoms with Crippen molar-refractivity contribution in [2.24, 2.45) is 5.92 Å². The lowest BCUT2D eigenvalue weighted by Crippen LogP contribution is -2.03. The maximum absolute atomic E-state index is 2.35. The third-order valence-corrected chi connectivity index (χ3v) is 2.44. The van der Waals surface area contributed by atoms with Crippen molar-refractivity contribution >= 4 is 0 Å². The van der Waals surface area contributed by atoms with Gasteiger partial charge in [-0.25, -0.2) is 0 Å². The molecule has 0 heteroatoms. The number of hydrogen-bond donors (Lipinski definition) is 0. The summed E-state index contributed by atoms with van der Waals surface area (Å²) < 4.78 is 0. The van der Waals surface area contributed by atoms with Crippen LogP contribution >= 0.6 is 0 Å². The molecule has 0 radical (unpaired) electrons. The first kappa shape index (κ1) is 8.58. The topological polar surface area (TPSA) is 0 Å². The lowest BCUT2D eigenvalue weighted by atomic mass is 9.87. The molecule has 0 aliphatic heterocycles. The van der Waals surface area contributed by atoms with Gasteiger partial charge in [0.05, 0.1) is 0 Å². The SMILES string of the molecule is C/C=C/C=C1CCC(C)CC1. The highest BCUT2D eigenvalue weighted by molar-refractivity contribution is 5.13. The fourth-order valence-corrected chi connectivity index (χ4v) is 1.53. The molecule has 0 atom stereocenters. The Hall–Kier alpha value is -0.520. The monoisotopic (exact) mass is 150 g/mol. The van der Waals surface area contributed by atoms with Crippen LogP contribution in [0.3, 0.4) is 0 Å². The molecule has 1 fully saturated rings. The minimum absolute atomic E-state index is 0.956. The smallest absolute Gasteiger partial charge is 0.0315 e. The van der Waals surface area contributed by atoms with Gasteiger partial charge in [-0.3, -0.25) is 0 Å². The van der Waals surface area contributed by atoms with Crippen molar-refractivity contribution in [3.05, 3.63) is 23.8 Å². The molecule has 0 aromatic heterocycles. The van der Waals surface area contributed by atoms with Crippen LogP contribution in [-0.4, -0.2) is 0 Å². The highest BCUT2D eigenvalue weighted by Crippen LogP contribution is 2.27. The van der Waals surface area contributed by atoms with Gasteiger partial charge in [0.2, 0.25) is 0 Å². The van der Waals surface area contributed by atoms with Crippen molar-refractivity contribution in [2.75, 3.05) is 0 Å². The van der Waals surface area contributed by atoms with E-state index >= 15 is 0 Å². The second-order valence-electron chi connectivity index (χ2n) is 3.53. The van der Waals surface area contributed by atoms with E-state index < -0.39 is 0 Å². The summed E-state index contributed by atoms with van der Waals surface area (Å²) >= 11 is 0. The summed E-state index contributed by atoms with van der Waals surface area (Å²) in [4.78, 5) is 0. The van der Waals surface area contributed by atoms with Gasteiger partial charge in [0, 0.05) is 0 Å². The Bertz CT molecular complexity index is 153. The molecule has 0 bridgehead atoms. The van der Waals surface area contributed by atoms with E-state index in [4.69, 9.17) is 0 Å². The van der Waals surface area contributed by atoms with E-state index in [1.165, 1.54) is 25.7 Å². The zero-order chi connectivity index (χ0) is 8.10. The van der Waals surface area contributed by atoms with Crippen molar-refractivity contribution < 1.29 is 0 Å². The van der Waals surface area contributed by atoms with Crippen LogP contribution < -0.4 is 0 Å². The van der Waals surface area contributed by atoms with E-state index in [1.54, 1.807) is 5.57 Å². The Morgan fingerprint density at radius 3 is 2.45 bits per heavy atom. The van der Waals surface area contributed by atoms with Crippen LogP contribution in [-0.2, 0) is 0 Å². The van der Waals surface area contributed by atoms with Gasteiger partial charge in [0.1, 0.15) is 0 Å². The summed E-state index contributed by atoms with van der Waals surface area (Å²) in [6, 6.07) is 0. The van der Waals surface area contributed by atoms with Gasteiger partial charge in [0.15, 0.2) is 0 Å². The molecule has 0 N–H and O–H groups in total. The van der Waals surface area contributed by atoms with Gasteiger partial charge in [-0.1, -0.05) is 30.7 Å². The van der Waals surface area contributed by atoms with E-state index in [-0.39, 0.29) is 0 Å². The molecule has 0 nitrogen and oxygen atoms in total. The van der Waals surface area contributed by atoms with Crippen molar-refractivity contribution in [1.82, 2.24) is 0 Å². The first-order chi connectivity index (χ1) is 5.33. The molecule has 1 rings (SSSR count). The molecule has 0 saturated heterocycles. The first-order valence-electron chi connectivity index (χ1n) is 4.63. The van der Waals surface area contributed by atoms with E-state index in [0.717, 1.165) is 5.92 Å². The fraction of sp³-hybridized carbons (Fsp3) is 0.636. The minimum Gasteiger partial charge on any atom is -0.0877 e. The molecule has 11 heavy (non-hydrogen) atoms. The maximum atomic E-state index is 2.35. The number of rotatable bonds is 1. The van der Waals surface area contributed by atoms with Gasteiger partial charge < -0.3 is 0 Å². The molecule has 0 amide bonds. The second-order valence-corrected chi connectivity index (χ2v) is 3.53. The van der Waals surface area contributed by atoms with E-state index in [1.807, 2.05) is 0 Å². The zero-order valence-corrected chi connectivity index (χ0v) is 7.64. The average Bonchev–Trinajstić information content (AvgIpc) is 2.04. The van der Waals surface area contributed by atoms with E-state index in [2.05, 4.69) is 32.1 Å². The Balaban J connectivity index is 2.38. The fourth-order valence-electron chi connectivity index (χ4n) is 1.53. The standard InChI is InChI=1S/C11H18/c1-3-4-5-11-8-6-10(2)7-9-11/h3-5,10H,6-9H2,1-2H3/b4-3+,11-5?. The molecule has 1 aliphatic carbocycles. The molecule has 1 aliphatic rings. The minimum atomic E-state index is 0.956. The summed E-state index contributed by atoms with van der Waals surface area (Å²) in [6.07, 6.45) is 12.0. The van der Waals surface area contributed by atoms with Gasteiger partial charge in [-0.2, -0.15) is 0 Å². The number of allylic oxidation sites excluding steroid dienone is 4. The third-order valence-electron chi connectivity index (χ3n) is 2.44. The van der Waals surface area contributed by atoms with Gasteiger partial charge >= 0.3 is 0 Å². The molecule has 0 aromatic rings. The summed E-state index contributed by atoms with van der Waals surface area (Å²) in [6.45, 7) is 4.43. The first-order valence-corrected chi connectivity index (χ1v) is 4.63. The van der Waals surface area contributed by atoms with Crippen LogP contribution in [0.15, 0.2) is 23.8 Å². The predicted octanol–water partition coefficient (Wildman–Crippen LogP) is 3.70. The molecule has 0 aromatic carbocycles. The molecule has 62 valence electrons.